The second kappa shape index (κ2) is 8.79. The number of aromatic nitrogens is 3. The highest BCUT2D eigenvalue weighted by Crippen LogP contribution is 2.23. The zero-order valence-corrected chi connectivity index (χ0v) is 13.3. The van der Waals surface area contributed by atoms with Crippen LogP contribution in [0.2, 0.25) is 0 Å². The van der Waals surface area contributed by atoms with Gasteiger partial charge < -0.3 is 5.32 Å². The molecule has 1 fully saturated rings. The van der Waals surface area contributed by atoms with Gasteiger partial charge in [-0.15, -0.1) is 19.0 Å². The van der Waals surface area contributed by atoms with Crippen molar-refractivity contribution in [3.05, 3.63) is 18.5 Å². The molecule has 118 valence electrons. The molecule has 0 radical (unpaired) electrons. The van der Waals surface area contributed by atoms with Crippen LogP contribution in [-0.2, 0) is 11.8 Å². The largest absolute Gasteiger partial charge is 0.317 e. The van der Waals surface area contributed by atoms with Crippen LogP contribution in [0.3, 0.4) is 0 Å². The number of hydrogen-bond acceptors (Lipinski definition) is 4. The molecule has 1 saturated heterocycles. The molecule has 2 heterocycles. The Labute approximate surface area is 131 Å². The SMILES string of the molecule is C=CCCCC(=O)Nc1nc(C2CCNCC2)nn1C.Cl. The number of piperidine rings is 1. The zero-order valence-electron chi connectivity index (χ0n) is 12.5. The Balaban J connectivity index is 0.00000220. The van der Waals surface area contributed by atoms with E-state index in [9.17, 15) is 4.79 Å². The van der Waals surface area contributed by atoms with Crippen LogP contribution in [0, 0.1) is 0 Å². The van der Waals surface area contributed by atoms with Crippen molar-refractivity contribution in [2.45, 2.75) is 38.0 Å². The van der Waals surface area contributed by atoms with E-state index in [4.69, 9.17) is 0 Å². The van der Waals surface area contributed by atoms with E-state index in [1.807, 2.05) is 13.1 Å². The maximum atomic E-state index is 11.8. The van der Waals surface area contributed by atoms with Gasteiger partial charge in [-0.1, -0.05) is 6.08 Å². The van der Waals surface area contributed by atoms with Gasteiger partial charge in [-0.25, -0.2) is 4.68 Å². The molecule has 2 rings (SSSR count). The topological polar surface area (TPSA) is 71.8 Å². The van der Waals surface area contributed by atoms with Gasteiger partial charge in [0.25, 0.3) is 0 Å². The molecule has 0 aromatic carbocycles. The fraction of sp³-hybridized carbons (Fsp3) is 0.643. The lowest BCUT2D eigenvalue weighted by molar-refractivity contribution is -0.116. The van der Waals surface area contributed by atoms with Crippen LogP contribution < -0.4 is 10.6 Å². The lowest BCUT2D eigenvalue weighted by Gasteiger charge is -2.19. The molecule has 6 nitrogen and oxygen atoms in total. The minimum absolute atomic E-state index is 0. The fourth-order valence-corrected chi connectivity index (χ4v) is 2.36. The summed E-state index contributed by atoms with van der Waals surface area (Å²) in [5.41, 5.74) is 0. The summed E-state index contributed by atoms with van der Waals surface area (Å²) in [4.78, 5) is 16.3. The van der Waals surface area contributed by atoms with Crippen LogP contribution in [0.1, 0.15) is 43.8 Å². The van der Waals surface area contributed by atoms with Crippen molar-refractivity contribution >= 4 is 24.3 Å². The van der Waals surface area contributed by atoms with E-state index in [1.165, 1.54) is 0 Å². The third-order valence-electron chi connectivity index (χ3n) is 3.55. The molecular formula is C14H24ClN5O. The first kappa shape index (κ1) is 17.7. The van der Waals surface area contributed by atoms with E-state index in [2.05, 4.69) is 27.3 Å². The van der Waals surface area contributed by atoms with E-state index in [1.54, 1.807) is 4.68 Å². The van der Waals surface area contributed by atoms with Crippen molar-refractivity contribution in [3.8, 4) is 0 Å². The van der Waals surface area contributed by atoms with Crippen LogP contribution in [0.4, 0.5) is 5.95 Å². The number of unbranched alkanes of at least 4 members (excludes halogenated alkanes) is 1. The number of hydrogen-bond donors (Lipinski definition) is 2. The van der Waals surface area contributed by atoms with Crippen LogP contribution in [0.5, 0.6) is 0 Å². The smallest absolute Gasteiger partial charge is 0.227 e. The molecule has 1 aliphatic rings. The first-order valence-corrected chi connectivity index (χ1v) is 7.23. The average Bonchev–Trinajstić information content (AvgIpc) is 2.81. The molecule has 0 aliphatic carbocycles. The van der Waals surface area contributed by atoms with Crippen molar-refractivity contribution in [2.75, 3.05) is 18.4 Å². The monoisotopic (exact) mass is 313 g/mol. The fourth-order valence-electron chi connectivity index (χ4n) is 2.36. The van der Waals surface area contributed by atoms with Gasteiger partial charge in [-0.2, -0.15) is 10.1 Å². The predicted octanol–water partition coefficient (Wildman–Crippen LogP) is 2.00. The third-order valence-corrected chi connectivity index (χ3v) is 3.55. The van der Waals surface area contributed by atoms with Crippen molar-refractivity contribution in [2.24, 2.45) is 7.05 Å². The lowest BCUT2D eigenvalue weighted by Crippen LogP contribution is -2.27. The summed E-state index contributed by atoms with van der Waals surface area (Å²) < 4.78 is 1.66. The number of carbonyl (C=O) groups excluding carboxylic acids is 1. The minimum Gasteiger partial charge on any atom is -0.317 e. The van der Waals surface area contributed by atoms with E-state index in [0.717, 1.165) is 44.6 Å². The van der Waals surface area contributed by atoms with E-state index >= 15 is 0 Å². The first-order valence-electron chi connectivity index (χ1n) is 7.23. The highest BCUT2D eigenvalue weighted by atomic mass is 35.5. The Morgan fingerprint density at radius 3 is 2.90 bits per heavy atom. The third kappa shape index (κ3) is 5.13. The van der Waals surface area contributed by atoms with Gasteiger partial charge in [0.2, 0.25) is 11.9 Å². The van der Waals surface area contributed by atoms with Crippen LogP contribution >= 0.6 is 12.4 Å². The Bertz CT molecular complexity index is 468. The number of nitrogens with zero attached hydrogens (tertiary/aromatic N) is 3. The minimum atomic E-state index is -0.0146. The highest BCUT2D eigenvalue weighted by Gasteiger charge is 2.21. The highest BCUT2D eigenvalue weighted by molar-refractivity contribution is 5.88. The van der Waals surface area contributed by atoms with Gasteiger partial charge in [0, 0.05) is 19.4 Å². The standard InChI is InChI=1S/C14H23N5O.ClH/c1-3-4-5-6-12(20)16-14-17-13(18-19(14)2)11-7-9-15-10-8-11;/h3,11,15H,1,4-10H2,2H3,(H,16,17,18,20);1H. The predicted molar refractivity (Wildman–Crippen MR) is 85.8 cm³/mol. The maximum absolute atomic E-state index is 11.8. The summed E-state index contributed by atoms with van der Waals surface area (Å²) in [5, 5.41) is 10.6. The Hall–Kier alpha value is -1.40. The van der Waals surface area contributed by atoms with Crippen molar-refractivity contribution in [1.82, 2.24) is 20.1 Å². The second-order valence-corrected chi connectivity index (χ2v) is 5.17. The van der Waals surface area contributed by atoms with Crippen molar-refractivity contribution in [1.29, 1.82) is 0 Å². The summed E-state index contributed by atoms with van der Waals surface area (Å²) >= 11 is 0. The van der Waals surface area contributed by atoms with Gasteiger partial charge in [0.1, 0.15) is 0 Å². The van der Waals surface area contributed by atoms with Crippen LogP contribution in [-0.4, -0.2) is 33.8 Å². The van der Waals surface area contributed by atoms with E-state index < -0.39 is 0 Å². The van der Waals surface area contributed by atoms with Crippen molar-refractivity contribution < 1.29 is 4.79 Å². The number of halogens is 1. The molecule has 7 heteroatoms. The van der Waals surface area contributed by atoms with Gasteiger partial charge in [0.05, 0.1) is 0 Å². The van der Waals surface area contributed by atoms with Crippen LogP contribution in [0.15, 0.2) is 12.7 Å². The van der Waals surface area contributed by atoms with Gasteiger partial charge in [-0.3, -0.25) is 10.1 Å². The zero-order chi connectivity index (χ0) is 14.4. The number of nitrogens with one attached hydrogen (secondary N) is 2. The van der Waals surface area contributed by atoms with Crippen LogP contribution in [0.25, 0.3) is 0 Å². The quantitative estimate of drug-likeness (QED) is 0.622. The molecule has 0 bridgehead atoms. The molecule has 0 saturated carbocycles. The molecule has 21 heavy (non-hydrogen) atoms. The normalized spacial score (nSPS) is 15.3. The Morgan fingerprint density at radius 1 is 1.52 bits per heavy atom. The summed E-state index contributed by atoms with van der Waals surface area (Å²) in [6.07, 6.45) is 6.08. The average molecular weight is 314 g/mol. The van der Waals surface area contributed by atoms with Gasteiger partial charge in [0.15, 0.2) is 5.82 Å². The molecule has 0 spiro atoms. The summed E-state index contributed by atoms with van der Waals surface area (Å²) in [5.74, 6) is 1.77. The van der Waals surface area contributed by atoms with Gasteiger partial charge >= 0.3 is 0 Å². The molecule has 1 aromatic heterocycles. The summed E-state index contributed by atoms with van der Waals surface area (Å²) in [6.45, 7) is 5.66. The molecule has 0 atom stereocenters. The lowest BCUT2D eigenvalue weighted by atomic mass is 9.98. The molecule has 0 unspecified atom stereocenters. The van der Waals surface area contributed by atoms with Gasteiger partial charge in [-0.05, 0) is 38.8 Å². The van der Waals surface area contributed by atoms with Crippen molar-refractivity contribution in [3.63, 3.8) is 0 Å². The number of rotatable bonds is 6. The Morgan fingerprint density at radius 2 is 2.24 bits per heavy atom. The molecule has 1 aromatic rings. The molecule has 2 N–H and O–H groups in total. The summed E-state index contributed by atoms with van der Waals surface area (Å²) in [6, 6.07) is 0. The molecule has 1 aliphatic heterocycles. The second-order valence-electron chi connectivity index (χ2n) is 5.17. The molecule has 1 amide bonds. The number of allylic oxidation sites excluding steroid dienone is 1. The van der Waals surface area contributed by atoms with E-state index in [-0.39, 0.29) is 18.3 Å². The number of anilines is 1. The maximum Gasteiger partial charge on any atom is 0.227 e. The Kier molecular flexibility index (Phi) is 7.39. The summed E-state index contributed by atoms with van der Waals surface area (Å²) in [7, 11) is 1.82. The number of carbonyl (C=O) groups is 1. The number of amides is 1. The van der Waals surface area contributed by atoms with E-state index in [0.29, 0.717) is 18.3 Å². The first-order chi connectivity index (χ1) is 9.70. The molecular weight excluding hydrogens is 290 g/mol. The number of aryl methyl sites for hydroxylation is 1.